The van der Waals surface area contributed by atoms with E-state index in [1.54, 1.807) is 36.3 Å². The van der Waals surface area contributed by atoms with Crippen molar-refractivity contribution in [2.24, 2.45) is 5.92 Å². The summed E-state index contributed by atoms with van der Waals surface area (Å²) in [5.74, 6) is 0.233. The Labute approximate surface area is 183 Å². The standard InChI is InChI=1S/C23H33N3O5/c1-30-16-20(27)25-13-9-17(10-14-25)21(23(29)26-11-4-3-5-12-26)24-22(28)18-7-6-8-19(15-18)31-2/h6-8,15,17,21H,3-5,9-14,16H2,1-2H3,(H,24,28). The Hall–Kier alpha value is -2.61. The van der Waals surface area contributed by atoms with Gasteiger partial charge >= 0.3 is 0 Å². The Bertz CT molecular complexity index is 770. The van der Waals surface area contributed by atoms with Gasteiger partial charge in [-0.3, -0.25) is 14.4 Å². The molecule has 1 N–H and O–H groups in total. The predicted octanol–water partition coefficient (Wildman–Crippen LogP) is 1.69. The van der Waals surface area contributed by atoms with Crippen molar-refractivity contribution in [3.05, 3.63) is 29.8 Å². The van der Waals surface area contributed by atoms with Crippen molar-refractivity contribution >= 4 is 17.7 Å². The summed E-state index contributed by atoms with van der Waals surface area (Å²) in [4.78, 5) is 42.2. The van der Waals surface area contributed by atoms with Crippen LogP contribution in [0.1, 0.15) is 42.5 Å². The largest absolute Gasteiger partial charge is 0.497 e. The van der Waals surface area contributed by atoms with Crippen LogP contribution < -0.4 is 10.1 Å². The van der Waals surface area contributed by atoms with Gasteiger partial charge in [0, 0.05) is 38.9 Å². The zero-order valence-electron chi connectivity index (χ0n) is 18.5. The molecule has 1 aromatic carbocycles. The number of nitrogens with one attached hydrogen (secondary N) is 1. The third-order valence-corrected chi connectivity index (χ3v) is 6.18. The number of hydrogen-bond donors (Lipinski definition) is 1. The lowest BCUT2D eigenvalue weighted by Gasteiger charge is -2.38. The Morgan fingerprint density at radius 1 is 1.03 bits per heavy atom. The summed E-state index contributed by atoms with van der Waals surface area (Å²) in [7, 11) is 3.06. The van der Waals surface area contributed by atoms with Gasteiger partial charge < -0.3 is 24.6 Å². The molecule has 0 aliphatic carbocycles. The van der Waals surface area contributed by atoms with E-state index in [-0.39, 0.29) is 30.2 Å². The molecule has 2 aliphatic heterocycles. The van der Waals surface area contributed by atoms with Crippen LogP contribution in [0.2, 0.25) is 0 Å². The number of hydrogen-bond acceptors (Lipinski definition) is 5. The van der Waals surface area contributed by atoms with Crippen LogP contribution in [0.25, 0.3) is 0 Å². The van der Waals surface area contributed by atoms with E-state index in [1.165, 1.54) is 7.11 Å². The van der Waals surface area contributed by atoms with E-state index >= 15 is 0 Å². The molecule has 2 heterocycles. The maximum Gasteiger partial charge on any atom is 0.252 e. The molecule has 3 rings (SSSR count). The van der Waals surface area contributed by atoms with Crippen molar-refractivity contribution in [1.82, 2.24) is 15.1 Å². The number of nitrogens with zero attached hydrogens (tertiary/aromatic N) is 2. The van der Waals surface area contributed by atoms with Gasteiger partial charge in [0.15, 0.2) is 0 Å². The van der Waals surface area contributed by atoms with Gasteiger partial charge in [-0.15, -0.1) is 0 Å². The molecular weight excluding hydrogens is 398 g/mol. The second kappa shape index (κ2) is 11.1. The molecule has 0 spiro atoms. The topological polar surface area (TPSA) is 88.2 Å². The van der Waals surface area contributed by atoms with Crippen molar-refractivity contribution in [3.8, 4) is 5.75 Å². The summed E-state index contributed by atoms with van der Waals surface area (Å²) in [6, 6.07) is 6.32. The van der Waals surface area contributed by atoms with Crippen LogP contribution in [0.5, 0.6) is 5.75 Å². The van der Waals surface area contributed by atoms with Crippen LogP contribution in [0, 0.1) is 5.92 Å². The van der Waals surface area contributed by atoms with Gasteiger partial charge in [-0.1, -0.05) is 6.07 Å². The minimum Gasteiger partial charge on any atom is -0.497 e. The highest BCUT2D eigenvalue weighted by Gasteiger charge is 2.36. The molecule has 0 radical (unpaired) electrons. The number of carbonyl (C=O) groups excluding carboxylic acids is 3. The number of benzene rings is 1. The van der Waals surface area contributed by atoms with Crippen LogP contribution in [0.3, 0.4) is 0 Å². The van der Waals surface area contributed by atoms with Crippen LogP contribution in [-0.4, -0.2) is 80.6 Å². The minimum absolute atomic E-state index is 0.0161. The third kappa shape index (κ3) is 5.97. The molecule has 170 valence electrons. The van der Waals surface area contributed by atoms with Gasteiger partial charge in [0.05, 0.1) is 7.11 Å². The molecule has 2 saturated heterocycles. The zero-order chi connectivity index (χ0) is 22.2. The van der Waals surface area contributed by atoms with Crippen molar-refractivity contribution in [3.63, 3.8) is 0 Å². The molecule has 1 unspecified atom stereocenters. The fraction of sp³-hybridized carbons (Fsp3) is 0.609. The lowest BCUT2D eigenvalue weighted by molar-refractivity contribution is -0.138. The monoisotopic (exact) mass is 431 g/mol. The lowest BCUT2D eigenvalue weighted by atomic mass is 9.87. The van der Waals surface area contributed by atoms with E-state index in [2.05, 4.69) is 5.32 Å². The molecule has 8 nitrogen and oxygen atoms in total. The van der Waals surface area contributed by atoms with E-state index < -0.39 is 6.04 Å². The quantitative estimate of drug-likeness (QED) is 0.710. The first kappa shape index (κ1) is 23.1. The molecule has 2 fully saturated rings. The number of carbonyl (C=O) groups is 3. The Morgan fingerprint density at radius 3 is 2.39 bits per heavy atom. The van der Waals surface area contributed by atoms with Crippen molar-refractivity contribution in [2.45, 2.75) is 38.1 Å². The van der Waals surface area contributed by atoms with E-state index in [0.717, 1.165) is 32.4 Å². The van der Waals surface area contributed by atoms with Gasteiger partial charge in [0.1, 0.15) is 18.4 Å². The van der Waals surface area contributed by atoms with Crippen molar-refractivity contribution in [2.75, 3.05) is 47.0 Å². The van der Waals surface area contributed by atoms with E-state index in [0.29, 0.717) is 37.2 Å². The van der Waals surface area contributed by atoms with Gasteiger partial charge in [-0.25, -0.2) is 0 Å². The maximum absolute atomic E-state index is 13.4. The number of methoxy groups -OCH3 is 2. The number of amides is 3. The summed E-state index contributed by atoms with van der Waals surface area (Å²) in [5.41, 5.74) is 0.462. The summed E-state index contributed by atoms with van der Waals surface area (Å²) in [6.45, 7) is 2.65. The van der Waals surface area contributed by atoms with Crippen LogP contribution in [-0.2, 0) is 14.3 Å². The molecule has 0 saturated carbocycles. The van der Waals surface area contributed by atoms with Crippen LogP contribution in [0.4, 0.5) is 0 Å². The first-order valence-electron chi connectivity index (χ1n) is 11.0. The van der Waals surface area contributed by atoms with Crippen molar-refractivity contribution in [1.29, 1.82) is 0 Å². The lowest BCUT2D eigenvalue weighted by Crippen LogP contribution is -2.55. The van der Waals surface area contributed by atoms with Gasteiger partial charge in [-0.05, 0) is 56.2 Å². The maximum atomic E-state index is 13.4. The Kier molecular flexibility index (Phi) is 8.28. The molecular formula is C23H33N3O5. The predicted molar refractivity (Wildman–Crippen MR) is 116 cm³/mol. The third-order valence-electron chi connectivity index (χ3n) is 6.18. The SMILES string of the molecule is COCC(=O)N1CCC(C(NC(=O)c2cccc(OC)c2)C(=O)N2CCCCC2)CC1. The molecule has 1 atom stereocenters. The first-order valence-corrected chi connectivity index (χ1v) is 11.0. The van der Waals surface area contributed by atoms with E-state index in [9.17, 15) is 14.4 Å². The Morgan fingerprint density at radius 2 is 1.74 bits per heavy atom. The molecule has 31 heavy (non-hydrogen) atoms. The van der Waals surface area contributed by atoms with Crippen molar-refractivity contribution < 1.29 is 23.9 Å². The summed E-state index contributed by atoms with van der Waals surface area (Å²) in [6.07, 6.45) is 4.44. The highest BCUT2D eigenvalue weighted by molar-refractivity contribution is 5.98. The van der Waals surface area contributed by atoms with Gasteiger partial charge in [0.25, 0.3) is 5.91 Å². The first-order chi connectivity index (χ1) is 15.0. The Balaban J connectivity index is 1.72. The van der Waals surface area contributed by atoms with Gasteiger partial charge in [0.2, 0.25) is 11.8 Å². The zero-order valence-corrected chi connectivity index (χ0v) is 18.5. The number of piperidine rings is 2. The smallest absolute Gasteiger partial charge is 0.252 e. The normalized spacial score (nSPS) is 18.4. The second-order valence-electron chi connectivity index (χ2n) is 8.22. The van der Waals surface area contributed by atoms with Crippen LogP contribution >= 0.6 is 0 Å². The van der Waals surface area contributed by atoms with E-state index in [1.807, 2.05) is 4.90 Å². The summed E-state index contributed by atoms with van der Waals surface area (Å²) >= 11 is 0. The minimum atomic E-state index is -0.600. The summed E-state index contributed by atoms with van der Waals surface area (Å²) < 4.78 is 10.2. The highest BCUT2D eigenvalue weighted by atomic mass is 16.5. The second-order valence-corrected chi connectivity index (χ2v) is 8.22. The highest BCUT2D eigenvalue weighted by Crippen LogP contribution is 2.24. The average molecular weight is 432 g/mol. The summed E-state index contributed by atoms with van der Waals surface area (Å²) in [5, 5.41) is 3.01. The average Bonchev–Trinajstić information content (AvgIpc) is 2.83. The molecule has 0 bridgehead atoms. The molecule has 8 heteroatoms. The van der Waals surface area contributed by atoms with Crippen LogP contribution in [0.15, 0.2) is 24.3 Å². The molecule has 1 aromatic rings. The fourth-order valence-electron chi connectivity index (χ4n) is 4.38. The molecule has 3 amide bonds. The number of ether oxygens (including phenoxy) is 2. The van der Waals surface area contributed by atoms with Gasteiger partial charge in [-0.2, -0.15) is 0 Å². The number of rotatable bonds is 7. The molecule has 2 aliphatic rings. The number of likely N-dealkylation sites (tertiary alicyclic amines) is 2. The van der Waals surface area contributed by atoms with E-state index in [4.69, 9.17) is 9.47 Å². The molecule has 0 aromatic heterocycles. The fourth-order valence-corrected chi connectivity index (χ4v) is 4.38.